The molecule has 14 nitrogen and oxygen atoms in total. The largest absolute Gasteiger partial charge is 0.508 e. The number of carbonyl (C=O) groups excluding carboxylic acids is 1. The summed E-state index contributed by atoms with van der Waals surface area (Å²) < 4.78 is 12.4. The van der Waals surface area contributed by atoms with Gasteiger partial charge in [-0.3, -0.25) is 9.59 Å². The molecule has 14 heteroatoms. The highest BCUT2D eigenvalue weighted by Gasteiger charge is 2.27. The van der Waals surface area contributed by atoms with Gasteiger partial charge in [-0.05, 0) is 83.9 Å². The van der Waals surface area contributed by atoms with Gasteiger partial charge < -0.3 is 44.9 Å². The monoisotopic (exact) mass is 789 g/mol. The van der Waals surface area contributed by atoms with E-state index in [0.29, 0.717) is 38.8 Å². The summed E-state index contributed by atoms with van der Waals surface area (Å²) >= 11 is 0. The minimum absolute atomic E-state index is 0.0333. The van der Waals surface area contributed by atoms with Crippen LogP contribution >= 0.6 is 0 Å². The minimum atomic E-state index is -1.41. The molecule has 0 atom stereocenters. The Morgan fingerprint density at radius 3 is 1.90 bits per heavy atom. The van der Waals surface area contributed by atoms with Crippen LogP contribution in [0.4, 0.5) is 5.69 Å². The van der Waals surface area contributed by atoms with Crippen LogP contribution in [0.1, 0.15) is 47.0 Å². The first-order valence-corrected chi connectivity index (χ1v) is 17.9. The lowest BCUT2D eigenvalue weighted by Gasteiger charge is -2.20. The predicted molar refractivity (Wildman–Crippen MR) is 217 cm³/mol. The van der Waals surface area contributed by atoms with Gasteiger partial charge in [0.1, 0.15) is 28.4 Å². The molecule has 2 heterocycles. The molecule has 2 aliphatic carbocycles. The summed E-state index contributed by atoms with van der Waals surface area (Å²) in [4.78, 5) is 66.2. The topological polar surface area (TPSA) is 232 Å². The number of aromatic hydroxyl groups is 1. The summed E-state index contributed by atoms with van der Waals surface area (Å²) in [6, 6.07) is 24.9. The molecule has 0 saturated heterocycles. The molecule has 59 heavy (non-hydrogen) atoms. The molecule has 4 aromatic rings. The third-order valence-electron chi connectivity index (χ3n) is 10.1. The summed E-state index contributed by atoms with van der Waals surface area (Å²) in [5, 5.41) is 52.5. The van der Waals surface area contributed by atoms with Crippen LogP contribution in [0.3, 0.4) is 0 Å². The van der Waals surface area contributed by atoms with E-state index in [9.17, 15) is 44.4 Å². The van der Waals surface area contributed by atoms with Gasteiger partial charge in [-0.15, -0.1) is 0 Å². The number of amides is 1. The lowest BCUT2D eigenvalue weighted by molar-refractivity contribution is 0.0682. The standard InChI is InChI=1S/C45H31N3O11/c1-48(2)24-6-11-29-37(18-24)58-36-17-23(46)5-10-28(36)39(29)26-8-3-21(15-32(26)44(54)55)42(51)47-20-34-35(50)14-13-31-40(30-12-7-25(49)19-38(30)59-41(31)34)27-9-4-22(43(52)53)16-33(27)45(56)57/h3-19,46,49H,20H2,1-2H3,(H,47,51)(H,52,53)(H,54,55)(H,56,57). The summed E-state index contributed by atoms with van der Waals surface area (Å²) in [5.41, 5.74) is 1.99. The average Bonchev–Trinajstić information content (AvgIpc) is 3.20. The molecule has 0 spiro atoms. The van der Waals surface area contributed by atoms with Crippen LogP contribution in [0.2, 0.25) is 0 Å². The van der Waals surface area contributed by atoms with Crippen LogP contribution in [-0.4, -0.2) is 58.3 Å². The zero-order valence-corrected chi connectivity index (χ0v) is 31.1. The molecule has 1 amide bonds. The van der Waals surface area contributed by atoms with E-state index < -0.39 is 35.8 Å². The van der Waals surface area contributed by atoms with E-state index >= 15 is 0 Å². The van der Waals surface area contributed by atoms with E-state index in [2.05, 4.69) is 5.32 Å². The first-order chi connectivity index (χ1) is 28.2. The molecule has 4 aliphatic rings. The Morgan fingerprint density at radius 1 is 0.644 bits per heavy atom. The molecule has 0 aromatic heterocycles. The average molecular weight is 790 g/mol. The SMILES string of the molecule is CN(C)c1ccc2c(-c3ccc(C(=O)NCc4c5oc6cc(O)ccc6c(-c6ccc(C(=O)O)cc6C(=O)O)c-5ccc4=O)cc3C(=O)O)c3ccc(=N)cc-3oc2c1. The molecule has 4 aromatic carbocycles. The van der Waals surface area contributed by atoms with Crippen LogP contribution in [0.15, 0.2) is 117 Å². The minimum Gasteiger partial charge on any atom is -0.508 e. The quantitative estimate of drug-likeness (QED) is 0.0788. The highest BCUT2D eigenvalue weighted by atomic mass is 16.4. The predicted octanol–water partition coefficient (Wildman–Crippen LogP) is 7.36. The van der Waals surface area contributed by atoms with Crippen molar-refractivity contribution < 1.29 is 48.4 Å². The molecule has 0 bridgehead atoms. The summed E-state index contributed by atoms with van der Waals surface area (Å²) in [6.45, 7) is -0.407. The number of rotatable bonds is 9. The molecule has 0 saturated carbocycles. The molecule has 292 valence electrons. The Morgan fingerprint density at radius 2 is 1.24 bits per heavy atom. The van der Waals surface area contributed by atoms with Crippen molar-refractivity contribution in [1.82, 2.24) is 5.32 Å². The van der Waals surface area contributed by atoms with E-state index in [1.807, 2.05) is 37.2 Å². The van der Waals surface area contributed by atoms with Gasteiger partial charge in [-0.2, -0.15) is 0 Å². The Labute approximate surface area is 332 Å². The second-order valence-corrected chi connectivity index (χ2v) is 14.0. The number of nitrogens with one attached hydrogen (secondary N) is 2. The first kappa shape index (κ1) is 37.7. The number of nitrogens with zero attached hydrogens (tertiary/aromatic N) is 1. The Kier molecular flexibility index (Phi) is 9.16. The summed E-state index contributed by atoms with van der Waals surface area (Å²) in [6.07, 6.45) is 0. The second-order valence-electron chi connectivity index (χ2n) is 14.0. The highest BCUT2D eigenvalue weighted by Crippen LogP contribution is 2.44. The molecule has 0 fully saturated rings. The van der Waals surface area contributed by atoms with Gasteiger partial charge in [-0.25, -0.2) is 14.4 Å². The van der Waals surface area contributed by atoms with E-state index in [1.54, 1.807) is 18.2 Å². The Balaban J connectivity index is 1.20. The van der Waals surface area contributed by atoms with Crippen molar-refractivity contribution in [2.45, 2.75) is 6.54 Å². The molecular formula is C45H31N3O11. The number of carboxylic acid groups (broad SMARTS) is 3. The smallest absolute Gasteiger partial charge is 0.336 e. The zero-order chi connectivity index (χ0) is 41.9. The number of phenols is 1. The molecular weight excluding hydrogens is 759 g/mol. The lowest BCUT2D eigenvalue weighted by Crippen LogP contribution is -2.27. The number of benzene rings is 6. The maximum atomic E-state index is 13.8. The fourth-order valence-electron chi connectivity index (χ4n) is 7.31. The Hall–Kier alpha value is -8.26. The second kappa shape index (κ2) is 14.4. The van der Waals surface area contributed by atoms with Crippen LogP contribution in [0.5, 0.6) is 5.75 Å². The van der Waals surface area contributed by atoms with Crippen LogP contribution in [-0.2, 0) is 6.54 Å². The maximum Gasteiger partial charge on any atom is 0.336 e. The summed E-state index contributed by atoms with van der Waals surface area (Å²) in [7, 11) is 3.74. The number of phenolic OH excluding ortho intramolecular Hbond substituents is 1. The highest BCUT2D eigenvalue weighted by molar-refractivity contribution is 6.11. The van der Waals surface area contributed by atoms with Crippen molar-refractivity contribution in [3.8, 4) is 50.7 Å². The van der Waals surface area contributed by atoms with Crippen molar-refractivity contribution in [2.24, 2.45) is 0 Å². The summed E-state index contributed by atoms with van der Waals surface area (Å²) in [5.74, 6) is -4.64. The van der Waals surface area contributed by atoms with E-state index in [4.69, 9.17) is 14.2 Å². The van der Waals surface area contributed by atoms with Gasteiger partial charge in [0.05, 0.1) is 34.2 Å². The number of carboxylic acids is 3. The number of hydrogen-bond acceptors (Lipinski definition) is 10. The van der Waals surface area contributed by atoms with Gasteiger partial charge in [0, 0.05) is 76.6 Å². The van der Waals surface area contributed by atoms with Crippen molar-refractivity contribution in [2.75, 3.05) is 19.0 Å². The van der Waals surface area contributed by atoms with E-state index in [-0.39, 0.29) is 67.0 Å². The van der Waals surface area contributed by atoms with E-state index in [1.165, 1.54) is 60.7 Å². The number of aromatic carboxylic acids is 3. The van der Waals surface area contributed by atoms with Crippen LogP contribution in [0.25, 0.3) is 66.8 Å². The Bertz CT molecular complexity index is 3160. The van der Waals surface area contributed by atoms with Gasteiger partial charge in [0.15, 0.2) is 5.43 Å². The fraction of sp³-hybridized carbons (Fsp3) is 0.0667. The number of hydrogen-bond donors (Lipinski definition) is 6. The normalized spacial score (nSPS) is 11.3. The molecule has 0 radical (unpaired) electrons. The molecule has 2 aliphatic heterocycles. The third kappa shape index (κ3) is 6.63. The number of fused-ring (bicyclic) bond motifs is 4. The molecule has 0 unspecified atom stereocenters. The van der Waals surface area contributed by atoms with Gasteiger partial charge in [0.2, 0.25) is 0 Å². The van der Waals surface area contributed by atoms with Gasteiger partial charge in [-0.1, -0.05) is 12.1 Å². The maximum absolute atomic E-state index is 13.8. The van der Waals surface area contributed by atoms with E-state index in [0.717, 1.165) is 11.8 Å². The number of carbonyl (C=O) groups is 4. The first-order valence-electron chi connectivity index (χ1n) is 17.9. The van der Waals surface area contributed by atoms with Crippen LogP contribution in [0, 0.1) is 5.41 Å². The van der Waals surface area contributed by atoms with Crippen molar-refractivity contribution in [3.05, 3.63) is 147 Å². The lowest BCUT2D eigenvalue weighted by atomic mass is 9.88. The zero-order valence-electron chi connectivity index (χ0n) is 31.1. The number of anilines is 1. The van der Waals surface area contributed by atoms with Gasteiger partial charge >= 0.3 is 17.9 Å². The van der Waals surface area contributed by atoms with Crippen molar-refractivity contribution in [1.29, 1.82) is 5.41 Å². The molecule has 6 N–H and O–H groups in total. The van der Waals surface area contributed by atoms with Crippen molar-refractivity contribution >= 4 is 51.4 Å². The third-order valence-corrected chi connectivity index (χ3v) is 10.1. The van der Waals surface area contributed by atoms with Crippen molar-refractivity contribution in [3.63, 3.8) is 0 Å². The fourth-order valence-corrected chi connectivity index (χ4v) is 7.31. The van der Waals surface area contributed by atoms with Gasteiger partial charge in [0.25, 0.3) is 5.91 Å². The van der Waals surface area contributed by atoms with Crippen LogP contribution < -0.4 is 21.0 Å². The molecule has 8 rings (SSSR count).